The highest BCUT2D eigenvalue weighted by Gasteiger charge is 2.15. The molecule has 0 fully saturated rings. The summed E-state index contributed by atoms with van der Waals surface area (Å²) in [5, 5.41) is 10.3. The zero-order valence-corrected chi connectivity index (χ0v) is 23.5. The average molecular weight is 546 g/mol. The highest BCUT2D eigenvalue weighted by molar-refractivity contribution is 6.25. The molecule has 0 bridgehead atoms. The molecule has 200 valence electrons. The Morgan fingerprint density at radius 3 is 1.47 bits per heavy atom. The Labute approximate surface area is 249 Å². The predicted octanol–water partition coefficient (Wildman–Crippen LogP) is 11.6. The molecule has 9 aromatic rings. The van der Waals surface area contributed by atoms with Crippen LogP contribution in [0.25, 0.3) is 82.1 Å². The van der Waals surface area contributed by atoms with Gasteiger partial charge in [0.1, 0.15) is 0 Å². The minimum Gasteiger partial charge on any atom is -0.309 e. The van der Waals surface area contributed by atoms with E-state index in [0.717, 1.165) is 0 Å². The van der Waals surface area contributed by atoms with Crippen LogP contribution in [0.1, 0.15) is 0 Å². The predicted molar refractivity (Wildman–Crippen MR) is 184 cm³/mol. The molecule has 0 atom stereocenters. The number of rotatable bonds is 3. The second-order valence-corrected chi connectivity index (χ2v) is 11.4. The quantitative estimate of drug-likeness (QED) is 0.195. The van der Waals surface area contributed by atoms with Crippen molar-refractivity contribution in [3.05, 3.63) is 164 Å². The van der Waals surface area contributed by atoms with Crippen molar-refractivity contribution in [1.82, 2.24) is 4.57 Å². The van der Waals surface area contributed by atoms with Crippen molar-refractivity contribution in [2.24, 2.45) is 0 Å². The van der Waals surface area contributed by atoms with Gasteiger partial charge in [0.05, 0.1) is 11.0 Å². The Hall–Kier alpha value is -5.66. The van der Waals surface area contributed by atoms with Crippen LogP contribution in [0.4, 0.5) is 0 Å². The second kappa shape index (κ2) is 9.44. The molecule has 0 radical (unpaired) electrons. The van der Waals surface area contributed by atoms with Gasteiger partial charge in [-0.05, 0) is 91.0 Å². The van der Waals surface area contributed by atoms with Crippen LogP contribution in [0.15, 0.2) is 164 Å². The molecule has 0 spiro atoms. The summed E-state index contributed by atoms with van der Waals surface area (Å²) < 4.78 is 2.40. The molecule has 0 unspecified atom stereocenters. The first kappa shape index (κ1) is 24.0. The third kappa shape index (κ3) is 3.72. The van der Waals surface area contributed by atoms with Crippen molar-refractivity contribution in [3.63, 3.8) is 0 Å². The van der Waals surface area contributed by atoms with Gasteiger partial charge in [-0.15, -0.1) is 0 Å². The highest BCUT2D eigenvalue weighted by atomic mass is 15.0. The molecule has 0 saturated carbocycles. The third-order valence-corrected chi connectivity index (χ3v) is 8.96. The molecular formula is C42H27N. The lowest BCUT2D eigenvalue weighted by Crippen LogP contribution is -1.94. The normalized spacial score (nSPS) is 11.7. The second-order valence-electron chi connectivity index (χ2n) is 11.4. The maximum atomic E-state index is 2.40. The lowest BCUT2D eigenvalue weighted by atomic mass is 9.92. The van der Waals surface area contributed by atoms with Gasteiger partial charge in [0.25, 0.3) is 0 Å². The van der Waals surface area contributed by atoms with Crippen molar-refractivity contribution in [1.29, 1.82) is 0 Å². The summed E-state index contributed by atoms with van der Waals surface area (Å²) in [4.78, 5) is 0. The van der Waals surface area contributed by atoms with Crippen LogP contribution in [0.5, 0.6) is 0 Å². The Morgan fingerprint density at radius 1 is 0.256 bits per heavy atom. The molecule has 0 N–H and O–H groups in total. The van der Waals surface area contributed by atoms with Crippen LogP contribution < -0.4 is 0 Å². The highest BCUT2D eigenvalue weighted by Crippen LogP contribution is 2.39. The zero-order chi connectivity index (χ0) is 28.3. The van der Waals surface area contributed by atoms with Gasteiger partial charge in [0.2, 0.25) is 0 Å². The standard InChI is InChI=1S/C42H27N/c1-2-11-28(12-3-1)29-13-10-14-32(25-29)43-41-20-9-8-19-38(41)40-27-31(22-24-42(40)43)30-21-23-37-35-17-5-4-15-33(35)34-16-6-7-18-36(34)39(37)26-30/h1-27H. The summed E-state index contributed by atoms with van der Waals surface area (Å²) in [7, 11) is 0. The van der Waals surface area contributed by atoms with E-state index in [1.165, 1.54) is 82.1 Å². The van der Waals surface area contributed by atoms with Gasteiger partial charge in [-0.3, -0.25) is 0 Å². The van der Waals surface area contributed by atoms with Gasteiger partial charge in [-0.1, -0.05) is 127 Å². The molecule has 1 nitrogen and oxygen atoms in total. The summed E-state index contributed by atoms with van der Waals surface area (Å²) in [5.74, 6) is 0. The van der Waals surface area contributed by atoms with Crippen molar-refractivity contribution in [2.45, 2.75) is 0 Å². The van der Waals surface area contributed by atoms with E-state index < -0.39 is 0 Å². The van der Waals surface area contributed by atoms with Gasteiger partial charge in [-0.25, -0.2) is 0 Å². The Kier molecular flexibility index (Phi) is 5.27. The van der Waals surface area contributed by atoms with E-state index in [1.54, 1.807) is 0 Å². The smallest absolute Gasteiger partial charge is 0.0541 e. The van der Waals surface area contributed by atoms with Crippen molar-refractivity contribution in [2.75, 3.05) is 0 Å². The number of hydrogen-bond donors (Lipinski definition) is 0. The van der Waals surface area contributed by atoms with Crippen LogP contribution in [-0.2, 0) is 0 Å². The van der Waals surface area contributed by atoms with Gasteiger partial charge >= 0.3 is 0 Å². The van der Waals surface area contributed by atoms with E-state index in [4.69, 9.17) is 0 Å². The third-order valence-electron chi connectivity index (χ3n) is 8.96. The first-order valence-corrected chi connectivity index (χ1v) is 14.9. The molecule has 0 aliphatic carbocycles. The molecule has 1 heterocycles. The summed E-state index contributed by atoms with van der Waals surface area (Å²) in [6.07, 6.45) is 0. The van der Waals surface area contributed by atoms with Crippen LogP contribution >= 0.6 is 0 Å². The van der Waals surface area contributed by atoms with Crippen molar-refractivity contribution >= 4 is 54.1 Å². The molecule has 8 aromatic carbocycles. The fraction of sp³-hybridized carbons (Fsp3) is 0. The van der Waals surface area contributed by atoms with Crippen LogP contribution in [0.2, 0.25) is 0 Å². The fourth-order valence-electron chi connectivity index (χ4n) is 6.97. The molecule has 1 heteroatoms. The number of hydrogen-bond acceptors (Lipinski definition) is 0. The van der Waals surface area contributed by atoms with Crippen LogP contribution in [0, 0.1) is 0 Å². The number of nitrogens with zero attached hydrogens (tertiary/aromatic N) is 1. The maximum Gasteiger partial charge on any atom is 0.0541 e. The topological polar surface area (TPSA) is 4.93 Å². The van der Waals surface area contributed by atoms with Crippen molar-refractivity contribution in [3.8, 4) is 27.9 Å². The number of fused-ring (bicyclic) bond motifs is 9. The largest absolute Gasteiger partial charge is 0.309 e. The van der Waals surface area contributed by atoms with Crippen LogP contribution in [0.3, 0.4) is 0 Å². The molecule has 0 aliphatic heterocycles. The van der Waals surface area contributed by atoms with E-state index in [0.29, 0.717) is 0 Å². The van der Waals surface area contributed by atoms with E-state index in [9.17, 15) is 0 Å². The Balaban J connectivity index is 1.26. The first-order chi connectivity index (χ1) is 21.3. The van der Waals surface area contributed by atoms with Gasteiger partial charge in [0, 0.05) is 16.5 Å². The minimum absolute atomic E-state index is 1.17. The molecule has 1 aromatic heterocycles. The summed E-state index contributed by atoms with van der Waals surface area (Å²) in [6.45, 7) is 0. The lowest BCUT2D eigenvalue weighted by Gasteiger charge is -2.12. The lowest BCUT2D eigenvalue weighted by molar-refractivity contribution is 1.18. The van der Waals surface area contributed by atoms with Gasteiger partial charge in [-0.2, -0.15) is 0 Å². The fourth-order valence-corrected chi connectivity index (χ4v) is 6.97. The molecule has 0 saturated heterocycles. The average Bonchev–Trinajstić information content (AvgIpc) is 3.42. The summed E-state index contributed by atoms with van der Waals surface area (Å²) >= 11 is 0. The number of para-hydroxylation sites is 1. The van der Waals surface area contributed by atoms with E-state index in [1.807, 2.05) is 0 Å². The molecule has 43 heavy (non-hydrogen) atoms. The summed E-state index contributed by atoms with van der Waals surface area (Å²) in [6, 6.07) is 59.7. The Bertz CT molecular complexity index is 2460. The monoisotopic (exact) mass is 545 g/mol. The zero-order valence-electron chi connectivity index (χ0n) is 23.5. The van der Waals surface area contributed by atoms with Crippen LogP contribution in [-0.4, -0.2) is 4.57 Å². The van der Waals surface area contributed by atoms with E-state index in [-0.39, 0.29) is 0 Å². The molecular weight excluding hydrogens is 518 g/mol. The number of benzene rings is 8. The van der Waals surface area contributed by atoms with Gasteiger partial charge < -0.3 is 4.57 Å². The SMILES string of the molecule is c1ccc(-c2cccc(-n3c4ccccc4c4cc(-c5ccc6c7ccccc7c7ccccc7c6c5)ccc43)c2)cc1. The number of aromatic nitrogens is 1. The van der Waals surface area contributed by atoms with E-state index in [2.05, 4.69) is 168 Å². The maximum absolute atomic E-state index is 2.40. The molecule has 0 amide bonds. The molecule has 9 rings (SSSR count). The first-order valence-electron chi connectivity index (χ1n) is 14.9. The minimum atomic E-state index is 1.17. The Morgan fingerprint density at radius 2 is 0.744 bits per heavy atom. The molecule has 0 aliphatic rings. The van der Waals surface area contributed by atoms with E-state index >= 15 is 0 Å². The van der Waals surface area contributed by atoms with Gasteiger partial charge in [0.15, 0.2) is 0 Å². The van der Waals surface area contributed by atoms with Crippen molar-refractivity contribution < 1.29 is 0 Å². The summed E-state index contributed by atoms with van der Waals surface area (Å²) in [5.41, 5.74) is 8.51.